The zero-order valence-corrected chi connectivity index (χ0v) is 18.2. The Labute approximate surface area is 183 Å². The number of hydrogen-bond donors (Lipinski definition) is 2. The minimum absolute atomic E-state index is 0.205. The van der Waals surface area contributed by atoms with Gasteiger partial charge in [0.15, 0.2) is 0 Å². The number of nitrogens with one attached hydrogen (secondary N) is 2. The number of amides is 2. The molecular weight excluding hydrogens is 388 g/mol. The van der Waals surface area contributed by atoms with Gasteiger partial charge in [0.2, 0.25) is 5.91 Å². The number of hydrogen-bond acceptors (Lipinski definition) is 3. The predicted octanol–water partition coefficient (Wildman–Crippen LogP) is 5.20. The van der Waals surface area contributed by atoms with Crippen molar-refractivity contribution < 1.29 is 9.59 Å². The number of aromatic nitrogens is 2. The average molecular weight is 417 g/mol. The van der Waals surface area contributed by atoms with Crippen LogP contribution in [0, 0.1) is 13.8 Å². The van der Waals surface area contributed by atoms with Crippen LogP contribution in [-0.2, 0) is 11.3 Å². The lowest BCUT2D eigenvalue weighted by Gasteiger charge is -2.08. The number of aryl methyl sites for hydroxylation is 2. The van der Waals surface area contributed by atoms with Gasteiger partial charge in [-0.3, -0.25) is 14.3 Å². The maximum atomic E-state index is 12.7. The minimum Gasteiger partial charge on any atom is -0.323 e. The standard InChI is InChI=1S/C25H28N4O2/c1-4-5-17-29-19(3)24(18(2)28-29)27-25(31)21-12-14-22(15-13-21)26-23(30)16-11-20-9-7-6-8-10-20/h6-16H,4-5,17H2,1-3H3,(H,26,30)(H,27,31)/b16-11+. The molecule has 0 radical (unpaired) electrons. The van der Waals surface area contributed by atoms with E-state index < -0.39 is 0 Å². The van der Waals surface area contributed by atoms with Gasteiger partial charge in [-0.05, 0) is 56.2 Å². The highest BCUT2D eigenvalue weighted by Gasteiger charge is 2.15. The Bertz CT molecular complexity index is 1070. The molecule has 1 aromatic heterocycles. The first-order valence-corrected chi connectivity index (χ1v) is 10.5. The fraction of sp³-hybridized carbons (Fsp3) is 0.240. The highest BCUT2D eigenvalue weighted by atomic mass is 16.2. The number of anilines is 2. The summed E-state index contributed by atoms with van der Waals surface area (Å²) in [6.45, 7) is 6.84. The summed E-state index contributed by atoms with van der Waals surface area (Å²) in [7, 11) is 0. The third kappa shape index (κ3) is 5.92. The van der Waals surface area contributed by atoms with Gasteiger partial charge < -0.3 is 10.6 Å². The van der Waals surface area contributed by atoms with Crippen molar-refractivity contribution in [1.82, 2.24) is 9.78 Å². The van der Waals surface area contributed by atoms with Crippen molar-refractivity contribution in [3.05, 3.63) is 83.2 Å². The molecule has 0 spiro atoms. The van der Waals surface area contributed by atoms with Crippen molar-refractivity contribution in [1.29, 1.82) is 0 Å². The van der Waals surface area contributed by atoms with Crippen LogP contribution in [0.15, 0.2) is 60.7 Å². The van der Waals surface area contributed by atoms with Crippen LogP contribution < -0.4 is 10.6 Å². The Morgan fingerprint density at radius 3 is 2.39 bits per heavy atom. The van der Waals surface area contributed by atoms with Crippen molar-refractivity contribution >= 4 is 29.3 Å². The van der Waals surface area contributed by atoms with Crippen LogP contribution in [0.1, 0.15) is 47.1 Å². The third-order valence-corrected chi connectivity index (χ3v) is 4.98. The first kappa shape index (κ1) is 22.0. The zero-order chi connectivity index (χ0) is 22.2. The van der Waals surface area contributed by atoms with Crippen molar-refractivity contribution in [2.45, 2.75) is 40.2 Å². The summed E-state index contributed by atoms with van der Waals surface area (Å²) in [5, 5.41) is 10.3. The Morgan fingerprint density at radius 2 is 1.71 bits per heavy atom. The lowest BCUT2D eigenvalue weighted by atomic mass is 10.1. The first-order valence-electron chi connectivity index (χ1n) is 10.5. The minimum atomic E-state index is -0.230. The van der Waals surface area contributed by atoms with Crippen LogP contribution in [0.3, 0.4) is 0 Å². The molecule has 3 rings (SSSR count). The predicted molar refractivity (Wildman–Crippen MR) is 125 cm³/mol. The van der Waals surface area contributed by atoms with Crippen LogP contribution in [-0.4, -0.2) is 21.6 Å². The topological polar surface area (TPSA) is 76.0 Å². The number of rotatable bonds is 8. The van der Waals surface area contributed by atoms with Crippen LogP contribution in [0.4, 0.5) is 11.4 Å². The summed E-state index contributed by atoms with van der Waals surface area (Å²) in [5.74, 6) is -0.435. The maximum absolute atomic E-state index is 12.7. The highest BCUT2D eigenvalue weighted by molar-refractivity contribution is 6.06. The highest BCUT2D eigenvalue weighted by Crippen LogP contribution is 2.21. The average Bonchev–Trinajstić information content (AvgIpc) is 3.05. The van der Waals surface area contributed by atoms with E-state index in [-0.39, 0.29) is 11.8 Å². The van der Waals surface area contributed by atoms with Gasteiger partial charge in [0.05, 0.1) is 17.1 Å². The second-order valence-electron chi connectivity index (χ2n) is 7.39. The Balaban J connectivity index is 1.61. The quantitative estimate of drug-likeness (QED) is 0.495. The monoisotopic (exact) mass is 416 g/mol. The van der Waals surface area contributed by atoms with Gasteiger partial charge in [-0.15, -0.1) is 0 Å². The van der Waals surface area contributed by atoms with Crippen LogP contribution in [0.5, 0.6) is 0 Å². The zero-order valence-electron chi connectivity index (χ0n) is 18.2. The molecule has 0 fully saturated rings. The second kappa shape index (κ2) is 10.4. The van der Waals surface area contributed by atoms with Gasteiger partial charge in [-0.25, -0.2) is 0 Å². The summed E-state index contributed by atoms with van der Waals surface area (Å²) in [5.41, 5.74) is 4.60. The van der Waals surface area contributed by atoms with Gasteiger partial charge in [-0.1, -0.05) is 43.7 Å². The molecule has 2 amide bonds. The molecule has 1 heterocycles. The fourth-order valence-electron chi connectivity index (χ4n) is 3.21. The number of nitrogens with zero attached hydrogens (tertiary/aromatic N) is 2. The Hall–Kier alpha value is -3.67. The molecule has 2 aromatic carbocycles. The van der Waals surface area contributed by atoms with E-state index in [2.05, 4.69) is 22.7 Å². The van der Waals surface area contributed by atoms with E-state index in [1.54, 1.807) is 30.3 Å². The molecule has 31 heavy (non-hydrogen) atoms. The lowest BCUT2D eigenvalue weighted by molar-refractivity contribution is -0.111. The summed E-state index contributed by atoms with van der Waals surface area (Å²) in [6, 6.07) is 16.4. The number of unbranched alkanes of at least 4 members (excludes halogenated alkanes) is 1. The van der Waals surface area contributed by atoms with Gasteiger partial charge in [0.25, 0.3) is 5.91 Å². The van der Waals surface area contributed by atoms with Crippen molar-refractivity contribution in [2.24, 2.45) is 0 Å². The molecule has 2 N–H and O–H groups in total. The van der Waals surface area contributed by atoms with E-state index in [1.807, 2.05) is 48.9 Å². The molecular formula is C25H28N4O2. The molecule has 0 bridgehead atoms. The molecule has 0 aliphatic heterocycles. The normalized spacial score (nSPS) is 10.9. The van der Waals surface area contributed by atoms with Crippen molar-refractivity contribution in [3.63, 3.8) is 0 Å². The van der Waals surface area contributed by atoms with E-state index in [1.165, 1.54) is 6.08 Å². The fourth-order valence-corrected chi connectivity index (χ4v) is 3.21. The van der Waals surface area contributed by atoms with E-state index in [0.717, 1.165) is 42.0 Å². The van der Waals surface area contributed by atoms with Gasteiger partial charge in [-0.2, -0.15) is 5.10 Å². The molecule has 160 valence electrons. The van der Waals surface area contributed by atoms with E-state index in [9.17, 15) is 9.59 Å². The Kier molecular flexibility index (Phi) is 7.38. The molecule has 6 nitrogen and oxygen atoms in total. The third-order valence-electron chi connectivity index (χ3n) is 4.98. The summed E-state index contributed by atoms with van der Waals surface area (Å²) < 4.78 is 1.94. The number of carbonyl (C=O) groups is 2. The van der Waals surface area contributed by atoms with Gasteiger partial charge in [0.1, 0.15) is 0 Å². The summed E-state index contributed by atoms with van der Waals surface area (Å²) >= 11 is 0. The van der Waals surface area contributed by atoms with Crippen LogP contribution >= 0.6 is 0 Å². The van der Waals surface area contributed by atoms with E-state index in [4.69, 9.17) is 0 Å². The van der Waals surface area contributed by atoms with Crippen LogP contribution in [0.2, 0.25) is 0 Å². The van der Waals surface area contributed by atoms with Gasteiger partial charge in [0, 0.05) is 23.9 Å². The molecule has 0 saturated heterocycles. The van der Waals surface area contributed by atoms with Gasteiger partial charge >= 0.3 is 0 Å². The summed E-state index contributed by atoms with van der Waals surface area (Å²) in [4.78, 5) is 24.8. The molecule has 0 saturated carbocycles. The van der Waals surface area contributed by atoms with Crippen LogP contribution in [0.25, 0.3) is 6.08 Å². The number of carbonyl (C=O) groups excluding carboxylic acids is 2. The molecule has 0 atom stereocenters. The second-order valence-corrected chi connectivity index (χ2v) is 7.39. The molecule has 3 aromatic rings. The molecule has 0 unspecified atom stereocenters. The Morgan fingerprint density at radius 1 is 1.00 bits per heavy atom. The SMILES string of the molecule is CCCCn1nc(C)c(NC(=O)c2ccc(NC(=O)/C=C/c3ccccc3)cc2)c1C. The van der Waals surface area contributed by atoms with E-state index in [0.29, 0.717) is 11.3 Å². The lowest BCUT2D eigenvalue weighted by Crippen LogP contribution is -2.14. The molecule has 0 aliphatic rings. The maximum Gasteiger partial charge on any atom is 0.255 e. The van der Waals surface area contributed by atoms with Crippen molar-refractivity contribution in [3.8, 4) is 0 Å². The summed E-state index contributed by atoms with van der Waals surface area (Å²) in [6.07, 6.45) is 5.37. The number of benzene rings is 2. The van der Waals surface area contributed by atoms with E-state index >= 15 is 0 Å². The first-order chi connectivity index (χ1) is 15.0. The molecule has 6 heteroatoms. The largest absolute Gasteiger partial charge is 0.323 e. The smallest absolute Gasteiger partial charge is 0.255 e. The molecule has 0 aliphatic carbocycles. The van der Waals surface area contributed by atoms with Crippen molar-refractivity contribution in [2.75, 3.05) is 10.6 Å².